The maximum Gasteiger partial charge on any atom is 0.416 e. The summed E-state index contributed by atoms with van der Waals surface area (Å²) in [5.41, 5.74) is 0.697. The molecule has 1 aliphatic heterocycles. The van der Waals surface area contributed by atoms with Crippen LogP contribution < -0.4 is 4.74 Å². The van der Waals surface area contributed by atoms with Gasteiger partial charge in [0, 0.05) is 17.7 Å². The van der Waals surface area contributed by atoms with Gasteiger partial charge < -0.3 is 9.84 Å². The van der Waals surface area contributed by atoms with Crippen molar-refractivity contribution in [3.05, 3.63) is 71.4 Å². The molecule has 0 saturated carbocycles. The molecule has 3 rings (SSSR count). The van der Waals surface area contributed by atoms with E-state index in [1.165, 1.54) is 6.07 Å². The predicted octanol–water partition coefficient (Wildman–Crippen LogP) is 5.44. The zero-order chi connectivity index (χ0) is 23.3. The Morgan fingerprint density at radius 1 is 1.16 bits per heavy atom. The number of ether oxygens (including phenoxy) is 1. The maximum absolute atomic E-state index is 13.2. The lowest BCUT2D eigenvalue weighted by Gasteiger charge is -2.19. The van der Waals surface area contributed by atoms with Crippen molar-refractivity contribution < 1.29 is 23.0 Å². The lowest BCUT2D eigenvalue weighted by Crippen LogP contribution is -2.19. The highest BCUT2D eigenvalue weighted by atomic mass is 19.4. The lowest BCUT2D eigenvalue weighted by atomic mass is 10.1. The van der Waals surface area contributed by atoms with Gasteiger partial charge in [-0.25, -0.2) is 9.98 Å². The number of nitrogens with zero attached hydrogens (tertiary/aromatic N) is 3. The standard InChI is InChI=1S/C24H26F3N3O2/c1-16(17(2)31)29-23(28-3)18-6-9-21(10-7-18)32-22-11-8-20(24(25,26)27)14-19(22)15-30-12-4-5-13-30/h6-11,14,17,31H,1,3-5,12-13,15H2,2H3/b29-23-/t17-/m0/s1. The summed E-state index contributed by atoms with van der Waals surface area (Å²) in [7, 11) is 0. The molecule has 1 fully saturated rings. The first kappa shape index (κ1) is 23.7. The van der Waals surface area contributed by atoms with Crippen LogP contribution in [0.15, 0.2) is 64.7 Å². The number of alkyl halides is 3. The highest BCUT2D eigenvalue weighted by Gasteiger charge is 2.31. The second-order valence-corrected chi connectivity index (χ2v) is 7.69. The number of aliphatic imine (C=N–C) groups is 2. The smallest absolute Gasteiger partial charge is 0.416 e. The van der Waals surface area contributed by atoms with Crippen LogP contribution in [0.25, 0.3) is 0 Å². The predicted molar refractivity (Wildman–Crippen MR) is 119 cm³/mol. The third-order valence-corrected chi connectivity index (χ3v) is 5.20. The first-order valence-electron chi connectivity index (χ1n) is 10.3. The zero-order valence-corrected chi connectivity index (χ0v) is 17.9. The Bertz CT molecular complexity index is 993. The minimum atomic E-state index is -4.41. The molecule has 8 heteroatoms. The van der Waals surface area contributed by atoms with E-state index >= 15 is 0 Å². The molecular formula is C24H26F3N3O2. The Labute approximate surface area is 185 Å². The minimum Gasteiger partial charge on any atom is -0.457 e. The zero-order valence-electron chi connectivity index (χ0n) is 17.9. The molecule has 0 aromatic heterocycles. The number of hydrogen-bond donors (Lipinski definition) is 1. The van der Waals surface area contributed by atoms with Crippen molar-refractivity contribution in [2.45, 2.75) is 38.6 Å². The number of benzene rings is 2. The summed E-state index contributed by atoms with van der Waals surface area (Å²) in [5.74, 6) is 1.15. The van der Waals surface area contributed by atoms with Gasteiger partial charge in [0.05, 0.1) is 17.4 Å². The van der Waals surface area contributed by atoms with Crippen molar-refractivity contribution in [1.82, 2.24) is 4.90 Å². The van der Waals surface area contributed by atoms with Gasteiger partial charge in [0.25, 0.3) is 0 Å². The van der Waals surface area contributed by atoms with Crippen LogP contribution in [0.2, 0.25) is 0 Å². The molecular weight excluding hydrogens is 419 g/mol. The van der Waals surface area contributed by atoms with Crippen LogP contribution in [0.1, 0.15) is 36.5 Å². The van der Waals surface area contributed by atoms with Crippen LogP contribution in [-0.4, -0.2) is 41.8 Å². The van der Waals surface area contributed by atoms with E-state index in [-0.39, 0.29) is 5.70 Å². The number of aliphatic hydroxyl groups excluding tert-OH is 1. The fourth-order valence-corrected chi connectivity index (χ4v) is 3.38. The Kier molecular flexibility index (Phi) is 7.48. The Morgan fingerprint density at radius 2 is 1.81 bits per heavy atom. The average Bonchev–Trinajstić information content (AvgIpc) is 3.26. The van der Waals surface area contributed by atoms with Gasteiger partial charge in [-0.15, -0.1) is 0 Å². The second-order valence-electron chi connectivity index (χ2n) is 7.69. The largest absolute Gasteiger partial charge is 0.457 e. The first-order valence-corrected chi connectivity index (χ1v) is 10.3. The van der Waals surface area contributed by atoms with Crippen molar-refractivity contribution in [2.75, 3.05) is 13.1 Å². The van der Waals surface area contributed by atoms with E-state index < -0.39 is 17.8 Å². The molecule has 0 bridgehead atoms. The highest BCUT2D eigenvalue weighted by molar-refractivity contribution is 6.02. The van der Waals surface area contributed by atoms with Crippen LogP contribution in [0, 0.1) is 0 Å². The molecule has 0 aliphatic carbocycles. The molecule has 5 nitrogen and oxygen atoms in total. The van der Waals surface area contributed by atoms with Gasteiger partial charge in [-0.2, -0.15) is 13.2 Å². The average molecular weight is 445 g/mol. The van der Waals surface area contributed by atoms with Gasteiger partial charge in [-0.3, -0.25) is 4.90 Å². The molecule has 170 valence electrons. The van der Waals surface area contributed by atoms with E-state index in [0.717, 1.165) is 38.1 Å². The van der Waals surface area contributed by atoms with E-state index in [1.54, 1.807) is 31.2 Å². The van der Waals surface area contributed by atoms with Gasteiger partial charge in [0.15, 0.2) is 5.84 Å². The molecule has 2 aromatic rings. The van der Waals surface area contributed by atoms with Crippen molar-refractivity contribution in [3.63, 3.8) is 0 Å². The molecule has 2 aromatic carbocycles. The Hall–Kier alpha value is -2.97. The van der Waals surface area contributed by atoms with Gasteiger partial charge >= 0.3 is 6.18 Å². The maximum atomic E-state index is 13.2. The summed E-state index contributed by atoms with van der Waals surface area (Å²) in [6, 6.07) is 10.3. The number of rotatable bonds is 7. The summed E-state index contributed by atoms with van der Waals surface area (Å²) < 4.78 is 45.6. The monoisotopic (exact) mass is 445 g/mol. The number of aliphatic hydroxyl groups is 1. The molecule has 32 heavy (non-hydrogen) atoms. The van der Waals surface area contributed by atoms with Crippen molar-refractivity contribution in [1.29, 1.82) is 0 Å². The summed E-state index contributed by atoms with van der Waals surface area (Å²) >= 11 is 0. The molecule has 1 saturated heterocycles. The Balaban J connectivity index is 1.84. The molecule has 1 heterocycles. The SMILES string of the molecule is C=N/C(=N\C(=C)[C@H](C)O)c1ccc(Oc2ccc(C(F)(F)F)cc2CN2CCCC2)cc1. The van der Waals surface area contributed by atoms with Crippen molar-refractivity contribution in [2.24, 2.45) is 9.98 Å². The number of likely N-dealkylation sites (tertiary alicyclic amines) is 1. The third kappa shape index (κ3) is 6.05. The molecule has 0 amide bonds. The Morgan fingerprint density at radius 3 is 2.38 bits per heavy atom. The van der Waals surface area contributed by atoms with Gasteiger partial charge in [0.2, 0.25) is 0 Å². The normalized spacial score (nSPS) is 16.1. The lowest BCUT2D eigenvalue weighted by molar-refractivity contribution is -0.137. The molecule has 0 radical (unpaired) electrons. The van der Waals surface area contributed by atoms with Crippen LogP contribution in [0.4, 0.5) is 13.2 Å². The van der Waals surface area contributed by atoms with E-state index in [1.807, 2.05) is 0 Å². The molecule has 0 spiro atoms. The number of amidine groups is 1. The van der Waals surface area contributed by atoms with Crippen molar-refractivity contribution >= 4 is 12.6 Å². The number of hydrogen-bond acceptors (Lipinski definition) is 4. The third-order valence-electron chi connectivity index (χ3n) is 5.20. The van der Waals surface area contributed by atoms with E-state index in [9.17, 15) is 18.3 Å². The number of halogens is 3. The van der Waals surface area contributed by atoms with Crippen LogP contribution in [0.5, 0.6) is 11.5 Å². The van der Waals surface area contributed by atoms with Crippen LogP contribution in [-0.2, 0) is 12.7 Å². The fraction of sp³-hybridized carbons (Fsp3) is 0.333. The summed E-state index contributed by atoms with van der Waals surface area (Å²) in [6.07, 6.45) is -3.15. The van der Waals surface area contributed by atoms with E-state index in [0.29, 0.717) is 35.0 Å². The van der Waals surface area contributed by atoms with Gasteiger partial charge in [-0.05, 0) is 82.0 Å². The van der Waals surface area contributed by atoms with E-state index in [2.05, 4.69) is 28.2 Å². The summed E-state index contributed by atoms with van der Waals surface area (Å²) in [6.45, 7) is 10.8. The summed E-state index contributed by atoms with van der Waals surface area (Å²) in [4.78, 5) is 10.2. The van der Waals surface area contributed by atoms with Gasteiger partial charge in [-0.1, -0.05) is 6.58 Å². The summed E-state index contributed by atoms with van der Waals surface area (Å²) in [5, 5.41) is 9.56. The first-order chi connectivity index (χ1) is 15.2. The van der Waals surface area contributed by atoms with Crippen molar-refractivity contribution in [3.8, 4) is 11.5 Å². The van der Waals surface area contributed by atoms with Gasteiger partial charge in [0.1, 0.15) is 11.5 Å². The molecule has 0 unspecified atom stereocenters. The van der Waals surface area contributed by atoms with Crippen LogP contribution >= 0.6 is 0 Å². The van der Waals surface area contributed by atoms with E-state index in [4.69, 9.17) is 4.74 Å². The molecule has 1 aliphatic rings. The highest BCUT2D eigenvalue weighted by Crippen LogP contribution is 2.35. The second kappa shape index (κ2) is 10.1. The topological polar surface area (TPSA) is 57.4 Å². The molecule has 1 atom stereocenters. The molecule has 1 N–H and O–H groups in total. The minimum absolute atomic E-state index is 0.254. The quantitative estimate of drug-likeness (QED) is 0.456. The fourth-order valence-electron chi connectivity index (χ4n) is 3.38. The van der Waals surface area contributed by atoms with Crippen LogP contribution in [0.3, 0.4) is 0 Å².